The van der Waals surface area contributed by atoms with Crippen LogP contribution in [-0.4, -0.2) is 58.4 Å². The molecule has 0 radical (unpaired) electrons. The predicted octanol–water partition coefficient (Wildman–Crippen LogP) is 3.73. The van der Waals surface area contributed by atoms with Crippen molar-refractivity contribution in [3.8, 4) is 0 Å². The molecular weight excluding hydrogens is 432 g/mol. The lowest BCUT2D eigenvalue weighted by Crippen LogP contribution is -2.36. The number of carbonyl (C=O) groups excluding carboxylic acids is 2. The number of esters is 2. The second-order valence-electron chi connectivity index (χ2n) is 9.59. The van der Waals surface area contributed by atoms with Crippen LogP contribution in [0.1, 0.15) is 11.1 Å². The molecule has 7 heteroatoms. The Labute approximate surface area is 199 Å². The molecule has 33 heavy (non-hydrogen) atoms. The summed E-state index contributed by atoms with van der Waals surface area (Å²) in [7, 11) is 1.77. The maximum atomic E-state index is 11.8. The smallest absolute Gasteiger partial charge is 0.310 e. The summed E-state index contributed by atoms with van der Waals surface area (Å²) in [5, 5.41) is 3.50. The Morgan fingerprint density at radius 1 is 0.848 bits per heavy atom. The molecule has 2 atom stereocenters. The molecule has 2 aromatic carbocycles. The third-order valence-corrected chi connectivity index (χ3v) is 6.79. The molecule has 3 rings (SSSR count). The van der Waals surface area contributed by atoms with Gasteiger partial charge in [-0.2, -0.15) is 0 Å². The van der Waals surface area contributed by atoms with Crippen molar-refractivity contribution in [2.75, 3.05) is 33.5 Å². The molecule has 1 aliphatic rings. The lowest BCUT2D eigenvalue weighted by atomic mass is 9.96. The first-order valence-corrected chi connectivity index (χ1v) is 15.1. The third kappa shape index (κ3) is 9.49. The summed E-state index contributed by atoms with van der Waals surface area (Å²) in [6, 6.07) is 20.5. The van der Waals surface area contributed by atoms with Gasteiger partial charge in [-0.25, -0.2) is 0 Å². The molecule has 0 bridgehead atoms. The van der Waals surface area contributed by atoms with Crippen molar-refractivity contribution >= 4 is 20.0 Å². The van der Waals surface area contributed by atoms with Crippen molar-refractivity contribution in [3.05, 3.63) is 71.8 Å². The molecule has 1 N–H and O–H groups in total. The quantitative estimate of drug-likeness (QED) is 0.468. The second kappa shape index (κ2) is 13.3. The third-order valence-electron chi connectivity index (χ3n) is 5.48. The maximum Gasteiger partial charge on any atom is 0.310 e. The summed E-state index contributed by atoms with van der Waals surface area (Å²) in [5.41, 5.74) is 2.53. The van der Waals surface area contributed by atoms with E-state index in [1.165, 1.54) is 26.0 Å². The highest BCUT2D eigenvalue weighted by Gasteiger charge is 2.43. The van der Waals surface area contributed by atoms with Crippen molar-refractivity contribution in [2.24, 2.45) is 11.8 Å². The van der Waals surface area contributed by atoms with Gasteiger partial charge in [0.2, 0.25) is 0 Å². The summed E-state index contributed by atoms with van der Waals surface area (Å²) in [6.45, 7) is 9.89. The zero-order valence-electron chi connectivity index (χ0n) is 20.5. The normalized spacial score (nSPS) is 18.2. The number of benzene rings is 2. The van der Waals surface area contributed by atoms with Crippen LogP contribution in [0.2, 0.25) is 19.6 Å². The molecule has 0 aliphatic carbocycles. The van der Waals surface area contributed by atoms with Gasteiger partial charge in [-0.1, -0.05) is 80.3 Å². The van der Waals surface area contributed by atoms with Crippen LogP contribution in [0.3, 0.4) is 0 Å². The Kier molecular flexibility index (Phi) is 10.8. The minimum absolute atomic E-state index is 0.351. The number of hydrogen-bond acceptors (Lipinski definition) is 6. The second-order valence-corrected chi connectivity index (χ2v) is 15.1. The Hall–Kier alpha value is -2.48. The van der Waals surface area contributed by atoms with E-state index in [0.29, 0.717) is 19.6 Å². The Morgan fingerprint density at radius 3 is 1.73 bits per heavy atom. The number of nitrogens with one attached hydrogen (secondary N) is 1. The maximum absolute atomic E-state index is 11.8. The number of nitrogens with zero attached hydrogens (tertiary/aromatic N) is 1. The number of carbonyl (C=O) groups is 2. The van der Waals surface area contributed by atoms with E-state index in [-0.39, 0.29) is 11.9 Å². The summed E-state index contributed by atoms with van der Waals surface area (Å²) in [5.74, 6) is -1.60. The Morgan fingerprint density at radius 2 is 1.30 bits per heavy atom. The highest BCUT2D eigenvalue weighted by Crippen LogP contribution is 2.27. The van der Waals surface area contributed by atoms with Gasteiger partial charge in [-0.05, 0) is 17.3 Å². The average molecular weight is 471 g/mol. The monoisotopic (exact) mass is 470 g/mol. The molecule has 1 saturated heterocycles. The van der Waals surface area contributed by atoms with E-state index in [0.717, 1.165) is 12.1 Å². The molecule has 0 amide bonds. The highest BCUT2D eigenvalue weighted by molar-refractivity contribution is 6.76. The molecule has 6 nitrogen and oxygen atoms in total. The van der Waals surface area contributed by atoms with Crippen molar-refractivity contribution in [1.29, 1.82) is 0 Å². The Balaban J connectivity index is 0.000000257. The number of hydrogen-bond donors (Lipinski definition) is 1. The van der Waals surface area contributed by atoms with Crippen LogP contribution in [0, 0.1) is 11.8 Å². The number of ether oxygens (including phenoxy) is 2. The molecule has 1 fully saturated rings. The molecule has 1 aliphatic heterocycles. The van der Waals surface area contributed by atoms with Gasteiger partial charge in [-0.15, -0.1) is 0 Å². The van der Waals surface area contributed by atoms with E-state index < -0.39 is 19.9 Å². The van der Waals surface area contributed by atoms with Crippen LogP contribution < -0.4 is 5.32 Å². The van der Waals surface area contributed by atoms with Crippen LogP contribution in [0.25, 0.3) is 0 Å². The molecule has 0 unspecified atom stereocenters. The zero-order valence-corrected chi connectivity index (χ0v) is 21.5. The van der Waals surface area contributed by atoms with E-state index in [2.05, 4.69) is 60.2 Å². The topological polar surface area (TPSA) is 67.9 Å². The molecule has 1 heterocycles. The summed E-state index contributed by atoms with van der Waals surface area (Å²) >= 11 is 0. The molecule has 0 spiro atoms. The van der Waals surface area contributed by atoms with E-state index in [1.807, 2.05) is 30.3 Å². The van der Waals surface area contributed by atoms with Gasteiger partial charge in [0.25, 0.3) is 0 Å². The molecule has 2 aromatic rings. The first kappa shape index (κ1) is 26.8. The largest absolute Gasteiger partial charge is 0.469 e. The van der Waals surface area contributed by atoms with E-state index in [4.69, 9.17) is 9.47 Å². The standard InChI is InChI=1S/C15H19NO4.C11H19NSi/c1-19-14(17)12-9-16(10-13(12)15(18)20-2)8-11-6-4-3-5-7-11;1-13(2,3)10-12-9-11-7-5-4-6-8-11/h3-7,12-13H,8-10H2,1-2H3;4-8,12H,9-10H2,1-3H3/t12-,13-;/m0./s1. The van der Waals surface area contributed by atoms with E-state index >= 15 is 0 Å². The lowest BCUT2D eigenvalue weighted by molar-refractivity contribution is -0.155. The van der Waals surface area contributed by atoms with Crippen molar-refractivity contribution in [1.82, 2.24) is 10.2 Å². The van der Waals surface area contributed by atoms with Crippen molar-refractivity contribution < 1.29 is 19.1 Å². The minimum Gasteiger partial charge on any atom is -0.469 e. The van der Waals surface area contributed by atoms with Crippen LogP contribution >= 0.6 is 0 Å². The fourth-order valence-corrected chi connectivity index (χ4v) is 4.69. The van der Waals surface area contributed by atoms with Gasteiger partial charge in [0.15, 0.2) is 0 Å². The molecule has 180 valence electrons. The summed E-state index contributed by atoms with van der Waals surface area (Å²) in [6.07, 6.45) is 1.20. The Bertz CT molecular complexity index is 832. The predicted molar refractivity (Wildman–Crippen MR) is 134 cm³/mol. The van der Waals surface area contributed by atoms with Crippen LogP contribution in [0.15, 0.2) is 60.7 Å². The number of rotatable bonds is 8. The minimum atomic E-state index is -0.922. The molecule has 0 saturated carbocycles. The SMILES string of the molecule is COC(=O)[C@H]1CN(Cc2ccccc2)C[C@@H]1C(=O)OC.C[Si](C)(C)CNCc1ccccc1. The first-order valence-electron chi connectivity index (χ1n) is 11.4. The van der Waals surface area contributed by atoms with Gasteiger partial charge in [-0.3, -0.25) is 14.5 Å². The van der Waals surface area contributed by atoms with E-state index in [9.17, 15) is 9.59 Å². The number of methoxy groups -OCH3 is 2. The molecule has 0 aromatic heterocycles. The fraction of sp³-hybridized carbons (Fsp3) is 0.462. The lowest BCUT2D eigenvalue weighted by Gasteiger charge is -2.16. The number of likely N-dealkylation sites (tertiary alicyclic amines) is 1. The zero-order chi connectivity index (χ0) is 24.3. The van der Waals surface area contributed by atoms with Crippen LogP contribution in [-0.2, 0) is 32.2 Å². The van der Waals surface area contributed by atoms with Gasteiger partial charge < -0.3 is 14.8 Å². The van der Waals surface area contributed by atoms with Crippen LogP contribution in [0.5, 0.6) is 0 Å². The van der Waals surface area contributed by atoms with Crippen molar-refractivity contribution in [3.63, 3.8) is 0 Å². The molecular formula is C26H38N2O4Si. The highest BCUT2D eigenvalue weighted by atomic mass is 28.3. The van der Waals surface area contributed by atoms with Gasteiger partial charge in [0.1, 0.15) is 0 Å². The van der Waals surface area contributed by atoms with E-state index in [1.54, 1.807) is 0 Å². The first-order chi connectivity index (χ1) is 15.7. The van der Waals surface area contributed by atoms with Gasteiger partial charge in [0.05, 0.1) is 34.1 Å². The summed E-state index contributed by atoms with van der Waals surface area (Å²) < 4.78 is 9.57. The average Bonchev–Trinajstić information content (AvgIpc) is 3.23. The fourth-order valence-electron chi connectivity index (χ4n) is 3.81. The summed E-state index contributed by atoms with van der Waals surface area (Å²) in [4.78, 5) is 25.7. The van der Waals surface area contributed by atoms with Gasteiger partial charge in [0, 0.05) is 26.2 Å². The van der Waals surface area contributed by atoms with Crippen molar-refractivity contribution in [2.45, 2.75) is 32.7 Å². The van der Waals surface area contributed by atoms with Gasteiger partial charge >= 0.3 is 11.9 Å². The van der Waals surface area contributed by atoms with Crippen LogP contribution in [0.4, 0.5) is 0 Å².